The summed E-state index contributed by atoms with van der Waals surface area (Å²) in [4.78, 5) is 12.7. The Balaban J connectivity index is 0.00000338. The third kappa shape index (κ3) is 4.65. The number of nitrogens with one attached hydrogen (secondary N) is 1. The van der Waals surface area contributed by atoms with E-state index in [1.54, 1.807) is 26.4 Å². The van der Waals surface area contributed by atoms with Gasteiger partial charge in [-0.3, -0.25) is 4.79 Å². The molecule has 0 saturated carbocycles. The van der Waals surface area contributed by atoms with Crippen molar-refractivity contribution in [2.75, 3.05) is 27.1 Å². The van der Waals surface area contributed by atoms with E-state index >= 15 is 0 Å². The molecule has 0 bridgehead atoms. The van der Waals surface area contributed by atoms with Crippen molar-refractivity contribution in [3.8, 4) is 17.2 Å². The number of nitrogen functional groups attached to an aromatic ring is 1. The van der Waals surface area contributed by atoms with Gasteiger partial charge in [-0.2, -0.15) is 0 Å². The number of rotatable bonds is 6. The van der Waals surface area contributed by atoms with E-state index in [4.69, 9.17) is 31.5 Å². The van der Waals surface area contributed by atoms with Gasteiger partial charge in [-0.15, -0.1) is 12.4 Å². The molecule has 0 fully saturated rings. The molecular weight excluding hydrogens is 379 g/mol. The molecule has 0 aliphatic rings. The normalized spacial score (nSPS) is 11.1. The van der Waals surface area contributed by atoms with Gasteiger partial charge in [-0.1, -0.05) is 11.6 Å². The zero-order chi connectivity index (χ0) is 18.6. The van der Waals surface area contributed by atoms with Crippen LogP contribution in [0.3, 0.4) is 0 Å². The molecule has 1 atom stereocenters. The number of anilines is 1. The van der Waals surface area contributed by atoms with Gasteiger partial charge in [0.1, 0.15) is 17.2 Å². The molecule has 2 rings (SSSR count). The topological polar surface area (TPSA) is 82.8 Å². The molecule has 0 aliphatic heterocycles. The molecule has 142 valence electrons. The molecule has 1 amide bonds. The number of ether oxygens (including phenoxy) is 3. The lowest BCUT2D eigenvalue weighted by atomic mass is 10.1. The second kappa shape index (κ2) is 9.40. The fourth-order valence-corrected chi connectivity index (χ4v) is 2.61. The first kappa shape index (κ1) is 21.7. The third-order valence-corrected chi connectivity index (χ3v) is 4.14. The Labute approximate surface area is 164 Å². The van der Waals surface area contributed by atoms with Crippen molar-refractivity contribution in [1.29, 1.82) is 0 Å². The Morgan fingerprint density at radius 2 is 1.73 bits per heavy atom. The van der Waals surface area contributed by atoms with Gasteiger partial charge in [-0.25, -0.2) is 0 Å². The summed E-state index contributed by atoms with van der Waals surface area (Å²) in [5, 5.41) is 3.20. The van der Waals surface area contributed by atoms with Crippen LogP contribution in [-0.4, -0.2) is 27.2 Å². The van der Waals surface area contributed by atoms with Crippen molar-refractivity contribution >= 4 is 35.6 Å². The summed E-state index contributed by atoms with van der Waals surface area (Å²) in [6.45, 7) is 1.85. The predicted octanol–water partition coefficient (Wildman–Crippen LogP) is 3.86. The highest BCUT2D eigenvalue weighted by atomic mass is 35.5. The summed E-state index contributed by atoms with van der Waals surface area (Å²) in [6, 6.07) is 8.07. The SMILES string of the molecule is COc1ccc(OC)c(C(C)NC(=O)c2cc(Cl)c(N)cc2OC)c1.Cl. The summed E-state index contributed by atoms with van der Waals surface area (Å²) in [7, 11) is 4.62. The summed E-state index contributed by atoms with van der Waals surface area (Å²) in [5.41, 5.74) is 7.19. The van der Waals surface area contributed by atoms with E-state index in [-0.39, 0.29) is 29.4 Å². The summed E-state index contributed by atoms with van der Waals surface area (Å²) >= 11 is 6.03. The zero-order valence-electron chi connectivity index (χ0n) is 15.0. The molecule has 6 nitrogen and oxygen atoms in total. The molecule has 3 N–H and O–H groups in total. The van der Waals surface area contributed by atoms with Crippen LogP contribution in [0.5, 0.6) is 17.2 Å². The molecule has 1 unspecified atom stereocenters. The van der Waals surface area contributed by atoms with Crippen LogP contribution < -0.4 is 25.3 Å². The van der Waals surface area contributed by atoms with E-state index in [2.05, 4.69) is 5.32 Å². The van der Waals surface area contributed by atoms with Gasteiger partial charge >= 0.3 is 0 Å². The average molecular weight is 401 g/mol. The number of carbonyl (C=O) groups excluding carboxylic acids is 1. The maximum atomic E-state index is 12.7. The standard InChI is InChI=1S/C18H21ClN2O4.ClH/c1-10(12-7-11(23-2)5-6-16(12)24-3)21-18(22)13-8-14(19)15(20)9-17(13)25-4;/h5-10H,20H2,1-4H3,(H,21,22);1H. The number of amides is 1. The van der Waals surface area contributed by atoms with Crippen molar-refractivity contribution < 1.29 is 19.0 Å². The number of nitrogens with two attached hydrogens (primary N) is 1. The quantitative estimate of drug-likeness (QED) is 0.719. The van der Waals surface area contributed by atoms with E-state index in [0.29, 0.717) is 28.5 Å². The molecule has 26 heavy (non-hydrogen) atoms. The average Bonchev–Trinajstić information content (AvgIpc) is 2.62. The van der Waals surface area contributed by atoms with E-state index in [9.17, 15) is 4.79 Å². The van der Waals surface area contributed by atoms with E-state index < -0.39 is 0 Å². The van der Waals surface area contributed by atoms with Crippen LogP contribution in [0, 0.1) is 0 Å². The molecule has 0 heterocycles. The Morgan fingerprint density at radius 3 is 2.31 bits per heavy atom. The molecule has 0 saturated heterocycles. The second-order valence-electron chi connectivity index (χ2n) is 5.38. The molecule has 0 aromatic heterocycles. The van der Waals surface area contributed by atoms with Crippen LogP contribution in [0.1, 0.15) is 28.9 Å². The van der Waals surface area contributed by atoms with Crippen molar-refractivity contribution in [1.82, 2.24) is 5.32 Å². The minimum atomic E-state index is -0.337. The maximum absolute atomic E-state index is 12.7. The van der Waals surface area contributed by atoms with Crippen LogP contribution in [0.15, 0.2) is 30.3 Å². The van der Waals surface area contributed by atoms with E-state index in [1.807, 2.05) is 13.0 Å². The smallest absolute Gasteiger partial charge is 0.255 e. The highest BCUT2D eigenvalue weighted by Crippen LogP contribution is 2.31. The van der Waals surface area contributed by atoms with Crippen LogP contribution in [0.2, 0.25) is 5.02 Å². The number of benzene rings is 2. The van der Waals surface area contributed by atoms with Crippen LogP contribution in [-0.2, 0) is 0 Å². The fraction of sp³-hybridized carbons (Fsp3) is 0.278. The third-order valence-electron chi connectivity index (χ3n) is 3.81. The minimum absolute atomic E-state index is 0. The molecule has 0 radical (unpaired) electrons. The van der Waals surface area contributed by atoms with Gasteiger partial charge in [0.2, 0.25) is 0 Å². The van der Waals surface area contributed by atoms with Crippen LogP contribution in [0.4, 0.5) is 5.69 Å². The Morgan fingerprint density at radius 1 is 1.08 bits per heavy atom. The predicted molar refractivity (Wildman–Crippen MR) is 105 cm³/mol. The van der Waals surface area contributed by atoms with Crippen molar-refractivity contribution in [2.24, 2.45) is 0 Å². The fourth-order valence-electron chi connectivity index (χ4n) is 2.45. The lowest BCUT2D eigenvalue weighted by Gasteiger charge is -2.19. The summed E-state index contributed by atoms with van der Waals surface area (Å²) in [6.07, 6.45) is 0. The highest BCUT2D eigenvalue weighted by molar-refractivity contribution is 6.33. The molecule has 2 aromatic carbocycles. The number of carbonyl (C=O) groups is 1. The van der Waals surface area contributed by atoms with Gasteiger partial charge in [-0.05, 0) is 31.2 Å². The van der Waals surface area contributed by atoms with Crippen molar-refractivity contribution in [2.45, 2.75) is 13.0 Å². The van der Waals surface area contributed by atoms with Gasteiger partial charge in [0.15, 0.2) is 0 Å². The number of halogens is 2. The lowest BCUT2D eigenvalue weighted by Crippen LogP contribution is -2.27. The highest BCUT2D eigenvalue weighted by Gasteiger charge is 2.20. The first-order valence-corrected chi connectivity index (χ1v) is 7.94. The number of methoxy groups -OCH3 is 3. The van der Waals surface area contributed by atoms with Crippen molar-refractivity contribution in [3.63, 3.8) is 0 Å². The molecule has 2 aromatic rings. The Bertz CT molecular complexity index is 784. The molecule has 0 spiro atoms. The largest absolute Gasteiger partial charge is 0.497 e. The van der Waals surface area contributed by atoms with Gasteiger partial charge in [0, 0.05) is 11.6 Å². The summed E-state index contributed by atoms with van der Waals surface area (Å²) in [5.74, 6) is 1.33. The number of hydrogen-bond donors (Lipinski definition) is 2. The van der Waals surface area contributed by atoms with Gasteiger partial charge < -0.3 is 25.3 Å². The Hall–Kier alpha value is -2.31. The van der Waals surface area contributed by atoms with Crippen molar-refractivity contribution in [3.05, 3.63) is 46.5 Å². The number of hydrogen-bond acceptors (Lipinski definition) is 5. The monoisotopic (exact) mass is 400 g/mol. The maximum Gasteiger partial charge on any atom is 0.255 e. The van der Waals surface area contributed by atoms with E-state index in [0.717, 1.165) is 5.56 Å². The van der Waals surface area contributed by atoms with Crippen LogP contribution >= 0.6 is 24.0 Å². The second-order valence-corrected chi connectivity index (χ2v) is 5.78. The van der Waals surface area contributed by atoms with Crippen LogP contribution in [0.25, 0.3) is 0 Å². The van der Waals surface area contributed by atoms with Gasteiger partial charge in [0.05, 0.1) is 43.6 Å². The Kier molecular flexibility index (Phi) is 7.86. The van der Waals surface area contributed by atoms with E-state index in [1.165, 1.54) is 19.2 Å². The molecule has 8 heteroatoms. The minimum Gasteiger partial charge on any atom is -0.497 e. The van der Waals surface area contributed by atoms with Gasteiger partial charge in [0.25, 0.3) is 5.91 Å². The first-order valence-electron chi connectivity index (χ1n) is 7.57. The summed E-state index contributed by atoms with van der Waals surface area (Å²) < 4.78 is 15.8. The molecular formula is C18H22Cl2N2O4. The lowest BCUT2D eigenvalue weighted by molar-refractivity contribution is 0.0936. The molecule has 0 aliphatic carbocycles. The first-order chi connectivity index (χ1) is 11.9. The zero-order valence-corrected chi connectivity index (χ0v) is 16.5.